The second kappa shape index (κ2) is 25.1. The van der Waals surface area contributed by atoms with E-state index in [-0.39, 0.29) is 63.4 Å². The molecule has 260 valence electrons. The summed E-state index contributed by atoms with van der Waals surface area (Å²) >= 11 is 0. The first-order chi connectivity index (χ1) is 21.4. The fourth-order valence-electron chi connectivity index (χ4n) is 5.42. The van der Waals surface area contributed by atoms with Gasteiger partial charge in [0.15, 0.2) is 0 Å². The molecule has 0 rings (SSSR count). The standard InChI is InChI=1S/2C17H26O6.Ca/c2*1-6-9-17(16(20)21,10-12(4)22-14(18)7-2)11-13(5)23-15(19)8-3;/h2*7-8,12-13H,2-3,6,9-11H2,1,4-5H3,(H,20,21);/q;;+2/p-2. The van der Waals surface area contributed by atoms with Gasteiger partial charge in [-0.15, -0.1) is 0 Å². The van der Waals surface area contributed by atoms with Gasteiger partial charge in [0.1, 0.15) is 24.4 Å². The molecule has 0 aliphatic heterocycles. The minimum absolute atomic E-state index is 0. The average molecular weight is 691 g/mol. The summed E-state index contributed by atoms with van der Waals surface area (Å²) in [5.74, 6) is -4.97. The predicted molar refractivity (Wildman–Crippen MR) is 172 cm³/mol. The summed E-state index contributed by atoms with van der Waals surface area (Å²) in [4.78, 5) is 68.6. The van der Waals surface area contributed by atoms with Gasteiger partial charge in [-0.1, -0.05) is 53.0 Å². The first-order valence-corrected chi connectivity index (χ1v) is 15.2. The maximum absolute atomic E-state index is 11.8. The van der Waals surface area contributed by atoms with Crippen LogP contribution < -0.4 is 10.2 Å². The van der Waals surface area contributed by atoms with Crippen molar-refractivity contribution in [2.45, 2.75) is 117 Å². The van der Waals surface area contributed by atoms with Crippen molar-refractivity contribution in [2.75, 3.05) is 0 Å². The maximum atomic E-state index is 11.8. The van der Waals surface area contributed by atoms with Crippen LogP contribution in [0.25, 0.3) is 0 Å². The van der Waals surface area contributed by atoms with Gasteiger partial charge >= 0.3 is 61.6 Å². The van der Waals surface area contributed by atoms with E-state index in [2.05, 4.69) is 26.3 Å². The van der Waals surface area contributed by atoms with E-state index in [0.717, 1.165) is 24.3 Å². The second-order valence-corrected chi connectivity index (χ2v) is 11.3. The van der Waals surface area contributed by atoms with Crippen LogP contribution in [0, 0.1) is 10.8 Å². The normalized spacial score (nSPS) is 15.3. The number of carbonyl (C=O) groups excluding carboxylic acids is 6. The summed E-state index contributed by atoms with van der Waals surface area (Å²) in [6, 6.07) is 0. The van der Waals surface area contributed by atoms with Crippen LogP contribution in [-0.4, -0.2) is 98.0 Å². The molecular formula is C34H50CaO12. The van der Waals surface area contributed by atoms with Crippen LogP contribution in [0.1, 0.15) is 92.9 Å². The second-order valence-electron chi connectivity index (χ2n) is 11.3. The summed E-state index contributed by atoms with van der Waals surface area (Å²) < 4.78 is 20.3. The number of hydrogen-bond acceptors (Lipinski definition) is 12. The molecule has 0 bridgehead atoms. The summed E-state index contributed by atoms with van der Waals surface area (Å²) in [5.41, 5.74) is -2.51. The number of carboxylic acids is 2. The molecule has 4 unspecified atom stereocenters. The molecule has 0 aliphatic rings. The smallest absolute Gasteiger partial charge is 0.550 e. The van der Waals surface area contributed by atoms with Crippen LogP contribution in [0.4, 0.5) is 0 Å². The zero-order valence-electron chi connectivity index (χ0n) is 28.7. The Morgan fingerprint density at radius 3 is 0.851 bits per heavy atom. The molecule has 0 amide bonds. The van der Waals surface area contributed by atoms with Crippen molar-refractivity contribution in [3.05, 3.63) is 50.6 Å². The minimum atomic E-state index is -1.25. The first-order valence-electron chi connectivity index (χ1n) is 15.2. The Kier molecular flexibility index (Phi) is 25.9. The van der Waals surface area contributed by atoms with E-state index in [0.29, 0.717) is 25.7 Å². The molecule has 0 spiro atoms. The first kappa shape index (κ1) is 48.4. The number of carbonyl (C=O) groups is 6. The fraction of sp³-hybridized carbons (Fsp3) is 0.588. The molecule has 0 aliphatic carbocycles. The Hall–Kier alpha value is -2.96. The van der Waals surface area contributed by atoms with E-state index in [1.54, 1.807) is 27.7 Å². The van der Waals surface area contributed by atoms with Crippen LogP contribution in [0.5, 0.6) is 0 Å². The minimum Gasteiger partial charge on any atom is -0.550 e. The number of rotatable bonds is 22. The van der Waals surface area contributed by atoms with E-state index in [9.17, 15) is 39.0 Å². The number of aliphatic carboxylic acids is 2. The van der Waals surface area contributed by atoms with Gasteiger partial charge in [0.05, 0.1) is 0 Å². The summed E-state index contributed by atoms with van der Waals surface area (Å²) in [5, 5.41) is 23.5. The molecule has 0 N–H and O–H groups in total. The monoisotopic (exact) mass is 690 g/mol. The average Bonchev–Trinajstić information content (AvgIpc) is 2.96. The van der Waals surface area contributed by atoms with Gasteiger partial charge in [0.25, 0.3) is 0 Å². The molecule has 13 heteroatoms. The zero-order valence-corrected chi connectivity index (χ0v) is 30.9. The van der Waals surface area contributed by atoms with Crippen LogP contribution in [-0.2, 0) is 47.7 Å². The van der Waals surface area contributed by atoms with E-state index in [4.69, 9.17) is 18.9 Å². The van der Waals surface area contributed by atoms with Crippen LogP contribution >= 0.6 is 0 Å². The van der Waals surface area contributed by atoms with Crippen LogP contribution in [0.2, 0.25) is 0 Å². The van der Waals surface area contributed by atoms with Crippen molar-refractivity contribution < 1.29 is 57.9 Å². The Bertz CT molecular complexity index is 939. The number of hydrogen-bond donors (Lipinski definition) is 0. The third-order valence-corrected chi connectivity index (χ3v) is 6.97. The Balaban J connectivity index is -0.000000807. The fourth-order valence-corrected chi connectivity index (χ4v) is 5.42. The summed E-state index contributed by atoms with van der Waals surface area (Å²) in [6.45, 7) is 23.3. The number of ether oxygens (including phenoxy) is 4. The zero-order chi connectivity index (χ0) is 36.1. The summed E-state index contributed by atoms with van der Waals surface area (Å²) in [7, 11) is 0. The van der Waals surface area contributed by atoms with Gasteiger partial charge in [-0.2, -0.15) is 0 Å². The third kappa shape index (κ3) is 19.5. The van der Waals surface area contributed by atoms with E-state index in [1.807, 2.05) is 13.8 Å². The SMILES string of the molecule is C=CC(=O)OC(C)CC(CCC)(CC(C)OC(=O)C=C)C(=O)[O-].C=CC(=O)OC(C)CC(CCC)(CC(C)OC(=O)C=C)C(=O)[O-].[Ca+2]. The Labute approximate surface area is 308 Å². The quantitative estimate of drug-likeness (QED) is 0.0701. The topological polar surface area (TPSA) is 185 Å². The van der Waals surface area contributed by atoms with Crippen LogP contribution in [0.15, 0.2) is 50.6 Å². The van der Waals surface area contributed by atoms with Crippen LogP contribution in [0.3, 0.4) is 0 Å². The number of carboxylic acid groups (broad SMARTS) is 2. The Morgan fingerprint density at radius 2 is 0.723 bits per heavy atom. The van der Waals surface area contributed by atoms with Crippen molar-refractivity contribution in [3.63, 3.8) is 0 Å². The van der Waals surface area contributed by atoms with E-state index < -0.39 is 71.1 Å². The molecular weight excluding hydrogens is 640 g/mol. The maximum Gasteiger partial charge on any atom is 2.00 e. The van der Waals surface area contributed by atoms with Gasteiger partial charge in [-0.25, -0.2) is 19.2 Å². The molecule has 4 atom stereocenters. The van der Waals surface area contributed by atoms with Gasteiger partial charge in [0, 0.05) is 47.1 Å². The van der Waals surface area contributed by atoms with E-state index >= 15 is 0 Å². The third-order valence-electron chi connectivity index (χ3n) is 6.97. The molecule has 0 aromatic heterocycles. The van der Waals surface area contributed by atoms with Crippen molar-refractivity contribution >= 4 is 73.6 Å². The van der Waals surface area contributed by atoms with Crippen molar-refractivity contribution in [1.29, 1.82) is 0 Å². The molecule has 47 heavy (non-hydrogen) atoms. The van der Waals surface area contributed by atoms with Gasteiger partial charge in [-0.3, -0.25) is 0 Å². The Morgan fingerprint density at radius 1 is 0.532 bits per heavy atom. The van der Waals surface area contributed by atoms with Gasteiger partial charge in [0.2, 0.25) is 0 Å². The summed E-state index contributed by atoms with van der Waals surface area (Å²) in [6.07, 6.45) is 3.65. The number of esters is 4. The van der Waals surface area contributed by atoms with E-state index in [1.165, 1.54) is 0 Å². The largest absolute Gasteiger partial charge is 2.00 e. The molecule has 0 radical (unpaired) electrons. The molecule has 0 aromatic rings. The predicted octanol–water partition coefficient (Wildman–Crippen LogP) is 2.70. The van der Waals surface area contributed by atoms with Gasteiger partial charge < -0.3 is 38.7 Å². The van der Waals surface area contributed by atoms with Crippen molar-refractivity contribution in [1.82, 2.24) is 0 Å². The molecule has 12 nitrogen and oxygen atoms in total. The molecule has 0 saturated carbocycles. The van der Waals surface area contributed by atoms with Crippen molar-refractivity contribution in [2.24, 2.45) is 10.8 Å². The van der Waals surface area contributed by atoms with Crippen molar-refractivity contribution in [3.8, 4) is 0 Å². The molecule has 0 saturated heterocycles. The molecule has 0 aromatic carbocycles. The molecule has 0 fully saturated rings. The van der Waals surface area contributed by atoms with Gasteiger partial charge in [-0.05, 0) is 66.2 Å². The molecule has 0 heterocycles.